The summed E-state index contributed by atoms with van der Waals surface area (Å²) in [6.45, 7) is 40.0. The quantitative estimate of drug-likeness (QED) is 0.127. The van der Waals surface area contributed by atoms with Crippen LogP contribution in [0.4, 0.5) is 0 Å². The third-order valence-corrected chi connectivity index (χ3v) is 6.11. The molecule has 2 atom stereocenters. The fourth-order valence-corrected chi connectivity index (χ4v) is 0.900. The minimum Gasteiger partial charge on any atom is -0.396 e. The third-order valence-electron chi connectivity index (χ3n) is 6.11. The van der Waals surface area contributed by atoms with E-state index in [0.29, 0.717) is 19.4 Å². The standard InChI is InChI=1S/C6H14.3C5H12.2C4H10O2.C4H10.C4H8.C3H8O/c1-4-6(3)5-2;2*1-4-5(2)3;1-3-5-4-2;2*1-2-4(6)3-5;2*1-3-4-2;1-2-3-4/h6H,4-5H2,1-3H3;2*5H,4H2,1-3H3;3-5H2,1-2H3;2*4-6H,2-3H2,1H3;3-4H2,1-2H3;3H,1,4H2,2H3;4H,2-3H2,1H3/t;;;;2*4-;;;/m....10.../s1. The zero-order valence-electron chi connectivity index (χ0n) is 34.7. The number of hydrogen-bond donors (Lipinski definition) is 5. The smallest absolute Gasteiger partial charge is 0.0768 e. The first-order valence-electron chi connectivity index (χ1n) is 18.9. The van der Waals surface area contributed by atoms with Crippen LogP contribution in [0.5, 0.6) is 0 Å². The van der Waals surface area contributed by atoms with Gasteiger partial charge in [-0.2, -0.15) is 0 Å². The molecule has 0 aliphatic heterocycles. The van der Waals surface area contributed by atoms with E-state index in [9.17, 15) is 0 Å². The molecule has 0 aromatic carbocycles. The van der Waals surface area contributed by atoms with Crippen LogP contribution < -0.4 is 0 Å². The first-order valence-corrected chi connectivity index (χ1v) is 18.9. The lowest BCUT2D eigenvalue weighted by molar-refractivity contribution is 0.0923. The number of allylic oxidation sites excluding steroid dienone is 1. The van der Waals surface area contributed by atoms with Crippen molar-refractivity contribution in [2.75, 3.05) is 19.8 Å². The predicted octanol–water partition coefficient (Wildman–Crippen LogP) is 12.0. The van der Waals surface area contributed by atoms with Gasteiger partial charge < -0.3 is 25.5 Å². The molecule has 5 heteroatoms. The maximum absolute atomic E-state index is 8.42. The molecule has 0 aliphatic carbocycles. The monoisotopic (exact) mass is 657 g/mol. The van der Waals surface area contributed by atoms with Crippen LogP contribution >= 0.6 is 0 Å². The van der Waals surface area contributed by atoms with Crippen molar-refractivity contribution >= 4 is 0 Å². The Balaban J connectivity index is -0.0000000465. The van der Waals surface area contributed by atoms with Crippen LogP contribution in [0.1, 0.15) is 201 Å². The number of rotatable bonds is 13. The normalized spacial score (nSPS) is 10.2. The van der Waals surface area contributed by atoms with Gasteiger partial charge in [0, 0.05) is 6.61 Å². The van der Waals surface area contributed by atoms with Crippen molar-refractivity contribution in [1.82, 2.24) is 0 Å². The van der Waals surface area contributed by atoms with Gasteiger partial charge >= 0.3 is 0 Å². The molecule has 0 bridgehead atoms. The van der Waals surface area contributed by atoms with Crippen molar-refractivity contribution in [1.29, 1.82) is 0 Å². The van der Waals surface area contributed by atoms with Crippen LogP contribution in [0.25, 0.3) is 0 Å². The van der Waals surface area contributed by atoms with Crippen LogP contribution in [-0.2, 0) is 0 Å². The van der Waals surface area contributed by atoms with Crippen LogP contribution in [0, 0.1) is 17.8 Å². The molecule has 45 heavy (non-hydrogen) atoms. The summed E-state index contributed by atoms with van der Waals surface area (Å²) >= 11 is 0. The molecule has 0 rings (SSSR count). The Morgan fingerprint density at radius 2 is 0.711 bits per heavy atom. The second-order valence-corrected chi connectivity index (χ2v) is 11.8. The molecule has 5 N–H and O–H groups in total. The van der Waals surface area contributed by atoms with Crippen molar-refractivity contribution in [3.05, 3.63) is 12.7 Å². The molecule has 0 aromatic rings. The first-order chi connectivity index (χ1) is 21.1. The van der Waals surface area contributed by atoms with E-state index in [1.807, 2.05) is 26.8 Å². The van der Waals surface area contributed by atoms with Gasteiger partial charge in [0.1, 0.15) is 0 Å². The molecule has 0 spiro atoms. The lowest BCUT2D eigenvalue weighted by atomic mass is 10.1. The summed E-state index contributed by atoms with van der Waals surface area (Å²) in [5, 5.41) is 40.9. The summed E-state index contributed by atoms with van der Waals surface area (Å²) < 4.78 is 0. The van der Waals surface area contributed by atoms with Crippen molar-refractivity contribution in [2.45, 2.75) is 213 Å². The van der Waals surface area contributed by atoms with Crippen molar-refractivity contribution in [3.63, 3.8) is 0 Å². The molecule has 0 radical (unpaired) electrons. The minimum absolute atomic E-state index is 0.115. The number of unbranched alkanes of at least 4 members (excludes halogenated alkanes) is 3. The molecule has 0 amide bonds. The number of hydrogen-bond acceptors (Lipinski definition) is 5. The fourth-order valence-electron chi connectivity index (χ4n) is 0.900. The summed E-state index contributed by atoms with van der Waals surface area (Å²) in [4.78, 5) is 0. The van der Waals surface area contributed by atoms with E-state index in [1.54, 1.807) is 0 Å². The Morgan fingerprint density at radius 1 is 0.467 bits per heavy atom. The Morgan fingerprint density at radius 3 is 0.711 bits per heavy atom. The van der Waals surface area contributed by atoms with E-state index in [2.05, 4.69) is 104 Å². The van der Waals surface area contributed by atoms with Gasteiger partial charge in [-0.05, 0) is 43.4 Å². The first kappa shape index (κ1) is 66.8. The van der Waals surface area contributed by atoms with Gasteiger partial charge in [0.05, 0.1) is 25.4 Å². The van der Waals surface area contributed by atoms with Gasteiger partial charge in [-0.25, -0.2) is 0 Å². The summed E-state index contributed by atoms with van der Waals surface area (Å²) in [5.74, 6) is 2.70. The highest BCUT2D eigenvalue weighted by molar-refractivity contribution is 4.60. The summed E-state index contributed by atoms with van der Waals surface area (Å²) in [6, 6.07) is 0. The largest absolute Gasteiger partial charge is 0.396 e. The predicted molar refractivity (Wildman–Crippen MR) is 210 cm³/mol. The molecule has 0 unspecified atom stereocenters. The Labute approximate surface area is 288 Å². The highest BCUT2D eigenvalue weighted by atomic mass is 16.3. The lowest BCUT2D eigenvalue weighted by Gasteiger charge is -1.98. The lowest BCUT2D eigenvalue weighted by Crippen LogP contribution is -2.08. The zero-order chi connectivity index (χ0) is 37.9. The molecule has 0 heterocycles. The van der Waals surface area contributed by atoms with Gasteiger partial charge in [-0.3, -0.25) is 0 Å². The van der Waals surface area contributed by atoms with Gasteiger partial charge in [-0.1, -0.05) is 182 Å². The van der Waals surface area contributed by atoms with Gasteiger partial charge in [0.25, 0.3) is 0 Å². The maximum Gasteiger partial charge on any atom is 0.0768 e. The Hall–Kier alpha value is -0.460. The molecular formula is C40H96O5. The molecule has 0 saturated heterocycles. The Bertz CT molecular complexity index is 309. The molecule has 286 valence electrons. The van der Waals surface area contributed by atoms with E-state index in [4.69, 9.17) is 25.5 Å². The maximum atomic E-state index is 8.42. The fraction of sp³-hybridized carbons (Fsp3) is 0.950. The van der Waals surface area contributed by atoms with Gasteiger partial charge in [0.15, 0.2) is 0 Å². The van der Waals surface area contributed by atoms with Crippen LogP contribution in [0.15, 0.2) is 12.7 Å². The highest BCUT2D eigenvalue weighted by Crippen LogP contribution is 2.02. The molecule has 5 nitrogen and oxygen atoms in total. The molecule has 0 fully saturated rings. The minimum atomic E-state index is -0.509. The number of aliphatic hydroxyl groups excluding tert-OH is 5. The molecule has 0 aliphatic rings. The molecule has 0 aromatic heterocycles. The summed E-state index contributed by atoms with van der Waals surface area (Å²) in [5.41, 5.74) is 0. The van der Waals surface area contributed by atoms with E-state index in [1.165, 1.54) is 57.8 Å². The van der Waals surface area contributed by atoms with Crippen molar-refractivity contribution in [3.8, 4) is 0 Å². The van der Waals surface area contributed by atoms with Crippen LogP contribution in [-0.4, -0.2) is 57.6 Å². The summed E-state index contributed by atoms with van der Waals surface area (Å²) in [7, 11) is 0. The van der Waals surface area contributed by atoms with E-state index < -0.39 is 12.2 Å². The molecule has 0 saturated carbocycles. The van der Waals surface area contributed by atoms with Gasteiger partial charge in [-0.15, -0.1) is 6.58 Å². The highest BCUT2D eigenvalue weighted by Gasteiger charge is 1.92. The molecular weight excluding hydrogens is 560 g/mol. The Kier molecular flexibility index (Phi) is 118. The van der Waals surface area contributed by atoms with Crippen LogP contribution in [0.2, 0.25) is 0 Å². The topological polar surface area (TPSA) is 101 Å². The average molecular weight is 657 g/mol. The van der Waals surface area contributed by atoms with E-state index >= 15 is 0 Å². The SMILES string of the molecule is C=CCC.CCC(C)C.CCC(C)C.CCC(C)CC.CCCC.CCCCC.CCCO.CC[C@@H](O)CO.CC[C@H](O)CO. The van der Waals surface area contributed by atoms with E-state index in [0.717, 1.165) is 30.6 Å². The second-order valence-electron chi connectivity index (χ2n) is 11.8. The average Bonchev–Trinajstić information content (AvgIpc) is 3.08. The number of aliphatic hydroxyl groups is 5. The van der Waals surface area contributed by atoms with Crippen molar-refractivity contribution < 1.29 is 25.5 Å². The van der Waals surface area contributed by atoms with Gasteiger partial charge in [0.2, 0.25) is 0 Å². The van der Waals surface area contributed by atoms with Crippen molar-refractivity contribution in [2.24, 2.45) is 17.8 Å². The zero-order valence-corrected chi connectivity index (χ0v) is 34.7. The van der Waals surface area contributed by atoms with Crippen LogP contribution in [0.3, 0.4) is 0 Å². The summed E-state index contributed by atoms with van der Waals surface area (Å²) in [6.07, 6.45) is 16.1. The van der Waals surface area contributed by atoms with E-state index in [-0.39, 0.29) is 13.2 Å². The second kappa shape index (κ2) is 79.2. The third kappa shape index (κ3) is 178.